The Bertz CT molecular complexity index is 579. The molecule has 3 rings (SSSR count). The van der Waals surface area contributed by atoms with Gasteiger partial charge < -0.3 is 10.1 Å². The molecule has 0 radical (unpaired) electrons. The van der Waals surface area contributed by atoms with Gasteiger partial charge in [0.2, 0.25) is 0 Å². The number of aromatic nitrogens is 1. The smallest absolute Gasteiger partial charge is 0.0774 e. The summed E-state index contributed by atoms with van der Waals surface area (Å²) in [6.07, 6.45) is 6.71. The zero-order valence-electron chi connectivity index (χ0n) is 12.2. The van der Waals surface area contributed by atoms with Crippen LogP contribution in [-0.4, -0.2) is 23.7 Å². The van der Waals surface area contributed by atoms with Crippen molar-refractivity contribution in [3.63, 3.8) is 0 Å². The topological polar surface area (TPSA) is 34.2 Å². The molecule has 1 aromatic carbocycles. The largest absolute Gasteiger partial charge is 0.373 e. The van der Waals surface area contributed by atoms with Crippen molar-refractivity contribution >= 4 is 10.8 Å². The molecule has 20 heavy (non-hydrogen) atoms. The predicted molar refractivity (Wildman–Crippen MR) is 81.7 cm³/mol. The van der Waals surface area contributed by atoms with E-state index in [-0.39, 0.29) is 12.1 Å². The number of hydrogen-bond acceptors (Lipinski definition) is 3. The minimum absolute atomic E-state index is 0.248. The van der Waals surface area contributed by atoms with Gasteiger partial charge in [-0.1, -0.05) is 25.1 Å². The van der Waals surface area contributed by atoms with E-state index in [1.807, 2.05) is 12.4 Å². The van der Waals surface area contributed by atoms with Crippen molar-refractivity contribution in [1.82, 2.24) is 10.3 Å². The normalized spacial score (nSPS) is 24.1. The lowest BCUT2D eigenvalue weighted by Gasteiger charge is -2.26. The van der Waals surface area contributed by atoms with Gasteiger partial charge in [-0.25, -0.2) is 0 Å². The van der Waals surface area contributed by atoms with Gasteiger partial charge in [-0.3, -0.25) is 4.98 Å². The van der Waals surface area contributed by atoms with Crippen LogP contribution in [0.15, 0.2) is 36.7 Å². The third-order valence-corrected chi connectivity index (χ3v) is 4.11. The number of benzene rings is 1. The van der Waals surface area contributed by atoms with Crippen molar-refractivity contribution in [2.75, 3.05) is 6.54 Å². The fourth-order valence-corrected chi connectivity index (χ4v) is 3.15. The van der Waals surface area contributed by atoms with Gasteiger partial charge in [0.05, 0.1) is 18.2 Å². The second-order valence-electron chi connectivity index (χ2n) is 5.54. The highest BCUT2D eigenvalue weighted by atomic mass is 16.5. The molecule has 3 nitrogen and oxygen atoms in total. The molecule has 1 saturated heterocycles. The number of pyridine rings is 1. The van der Waals surface area contributed by atoms with Gasteiger partial charge in [0, 0.05) is 17.8 Å². The summed E-state index contributed by atoms with van der Waals surface area (Å²) in [4.78, 5) is 4.29. The highest BCUT2D eigenvalue weighted by molar-refractivity contribution is 5.85. The molecule has 3 heteroatoms. The van der Waals surface area contributed by atoms with E-state index in [0.29, 0.717) is 6.10 Å². The molecule has 0 spiro atoms. The maximum atomic E-state index is 6.10. The van der Waals surface area contributed by atoms with E-state index >= 15 is 0 Å². The summed E-state index contributed by atoms with van der Waals surface area (Å²) in [5, 5.41) is 6.07. The van der Waals surface area contributed by atoms with Crippen LogP contribution < -0.4 is 5.32 Å². The van der Waals surface area contributed by atoms with Gasteiger partial charge in [0.15, 0.2) is 0 Å². The van der Waals surface area contributed by atoms with Gasteiger partial charge in [-0.2, -0.15) is 0 Å². The molecule has 0 aliphatic carbocycles. The van der Waals surface area contributed by atoms with Crippen LogP contribution in [0.5, 0.6) is 0 Å². The maximum absolute atomic E-state index is 6.10. The molecule has 0 saturated carbocycles. The Morgan fingerprint density at radius 3 is 3.00 bits per heavy atom. The van der Waals surface area contributed by atoms with Gasteiger partial charge in [-0.15, -0.1) is 0 Å². The second kappa shape index (κ2) is 5.90. The van der Waals surface area contributed by atoms with Gasteiger partial charge in [-0.05, 0) is 43.3 Å². The summed E-state index contributed by atoms with van der Waals surface area (Å²) in [6.45, 7) is 5.25. The summed E-state index contributed by atoms with van der Waals surface area (Å²) >= 11 is 0. The zero-order chi connectivity index (χ0) is 13.9. The lowest BCUT2D eigenvalue weighted by atomic mass is 9.95. The Hall–Kier alpha value is -1.45. The van der Waals surface area contributed by atoms with Crippen LogP contribution in [0.3, 0.4) is 0 Å². The lowest BCUT2D eigenvalue weighted by molar-refractivity contribution is 0.0322. The first-order chi connectivity index (χ1) is 9.79. The monoisotopic (exact) mass is 270 g/mol. The quantitative estimate of drug-likeness (QED) is 0.924. The highest BCUT2D eigenvalue weighted by Crippen LogP contribution is 2.33. The van der Waals surface area contributed by atoms with Gasteiger partial charge in [0.25, 0.3) is 0 Å². The average Bonchev–Trinajstić information content (AvgIpc) is 2.91. The van der Waals surface area contributed by atoms with Crippen molar-refractivity contribution < 1.29 is 4.74 Å². The number of nitrogens with one attached hydrogen (secondary N) is 1. The van der Waals surface area contributed by atoms with E-state index in [1.165, 1.54) is 16.3 Å². The van der Waals surface area contributed by atoms with E-state index in [1.54, 1.807) is 0 Å². The summed E-state index contributed by atoms with van der Waals surface area (Å²) in [7, 11) is 0. The molecular weight excluding hydrogens is 248 g/mol. The van der Waals surface area contributed by atoms with E-state index in [9.17, 15) is 0 Å². The number of nitrogens with zero attached hydrogens (tertiary/aromatic N) is 1. The van der Waals surface area contributed by atoms with Crippen molar-refractivity contribution in [2.24, 2.45) is 0 Å². The number of likely N-dealkylation sites (N-methyl/N-ethyl adjacent to an activating group) is 1. The SMILES string of the molecule is CCNC(c1cccc2ccncc12)C1CCC(C)O1. The third kappa shape index (κ3) is 2.56. The summed E-state index contributed by atoms with van der Waals surface area (Å²) in [5.41, 5.74) is 1.30. The molecular formula is C17H22N2O. The van der Waals surface area contributed by atoms with E-state index in [2.05, 4.69) is 48.4 Å². The van der Waals surface area contributed by atoms with Crippen LogP contribution in [0.25, 0.3) is 10.8 Å². The first kappa shape index (κ1) is 13.5. The second-order valence-corrected chi connectivity index (χ2v) is 5.54. The van der Waals surface area contributed by atoms with Crippen molar-refractivity contribution in [2.45, 2.75) is 44.9 Å². The molecule has 0 amide bonds. The van der Waals surface area contributed by atoms with Crippen molar-refractivity contribution in [1.29, 1.82) is 0 Å². The van der Waals surface area contributed by atoms with Crippen molar-refractivity contribution in [3.05, 3.63) is 42.2 Å². The van der Waals surface area contributed by atoms with E-state index < -0.39 is 0 Å². The van der Waals surface area contributed by atoms with Crippen LogP contribution in [0.1, 0.15) is 38.3 Å². The van der Waals surface area contributed by atoms with Gasteiger partial charge >= 0.3 is 0 Å². The zero-order valence-corrected chi connectivity index (χ0v) is 12.2. The summed E-state index contributed by atoms with van der Waals surface area (Å²) < 4.78 is 6.10. The Morgan fingerprint density at radius 1 is 1.35 bits per heavy atom. The standard InChI is InChI=1S/C17H22N2O/c1-3-19-17(16-8-7-12(2)20-16)14-6-4-5-13-9-10-18-11-15(13)14/h4-6,9-12,16-17,19H,3,7-8H2,1-2H3. The molecule has 3 atom stereocenters. The number of ether oxygens (including phenoxy) is 1. The summed E-state index contributed by atoms with van der Waals surface area (Å²) in [6, 6.07) is 8.78. The minimum atomic E-state index is 0.248. The first-order valence-electron chi connectivity index (χ1n) is 7.51. The molecule has 2 heterocycles. The molecule has 2 aromatic rings. The van der Waals surface area contributed by atoms with Crippen LogP contribution in [0, 0.1) is 0 Å². The predicted octanol–water partition coefficient (Wildman–Crippen LogP) is 3.45. The first-order valence-corrected chi connectivity index (χ1v) is 7.51. The Labute approximate surface area is 120 Å². The van der Waals surface area contributed by atoms with Crippen LogP contribution in [-0.2, 0) is 4.74 Å². The van der Waals surface area contributed by atoms with Crippen molar-refractivity contribution in [3.8, 4) is 0 Å². The molecule has 1 N–H and O–H groups in total. The molecule has 1 aliphatic rings. The van der Waals surface area contributed by atoms with E-state index in [0.717, 1.165) is 19.4 Å². The average molecular weight is 270 g/mol. The Morgan fingerprint density at radius 2 is 2.25 bits per heavy atom. The fourth-order valence-electron chi connectivity index (χ4n) is 3.15. The molecule has 3 unspecified atom stereocenters. The molecule has 0 bridgehead atoms. The number of hydrogen-bond donors (Lipinski definition) is 1. The van der Waals surface area contributed by atoms with Crippen LogP contribution >= 0.6 is 0 Å². The molecule has 1 fully saturated rings. The van der Waals surface area contributed by atoms with Gasteiger partial charge in [0.1, 0.15) is 0 Å². The van der Waals surface area contributed by atoms with E-state index in [4.69, 9.17) is 4.74 Å². The fraction of sp³-hybridized carbons (Fsp3) is 0.471. The number of rotatable bonds is 4. The minimum Gasteiger partial charge on any atom is -0.373 e. The highest BCUT2D eigenvalue weighted by Gasteiger charge is 2.30. The molecule has 1 aromatic heterocycles. The molecule has 106 valence electrons. The Kier molecular flexibility index (Phi) is 3.99. The third-order valence-electron chi connectivity index (χ3n) is 4.11. The Balaban J connectivity index is 2.01. The van der Waals surface area contributed by atoms with Crippen LogP contribution in [0.4, 0.5) is 0 Å². The lowest BCUT2D eigenvalue weighted by Crippen LogP contribution is -2.32. The molecule has 1 aliphatic heterocycles. The maximum Gasteiger partial charge on any atom is 0.0774 e. The number of fused-ring (bicyclic) bond motifs is 1. The summed E-state index contributed by atoms with van der Waals surface area (Å²) in [5.74, 6) is 0. The van der Waals surface area contributed by atoms with Crippen LogP contribution in [0.2, 0.25) is 0 Å².